The third-order valence-electron chi connectivity index (χ3n) is 3.29. The number of benzene rings is 1. The molecule has 23 heavy (non-hydrogen) atoms. The van der Waals surface area contributed by atoms with Gasteiger partial charge in [0.05, 0.1) is 22.1 Å². The fourth-order valence-electron chi connectivity index (χ4n) is 2.07. The van der Waals surface area contributed by atoms with Crippen LogP contribution in [0.4, 0.5) is 5.82 Å². The lowest BCUT2D eigenvalue weighted by atomic mass is 10.2. The van der Waals surface area contributed by atoms with Crippen LogP contribution in [0, 0.1) is 9.81 Å². The number of hydrogen-bond donors (Lipinski definition) is 1. The molecule has 0 aliphatic rings. The summed E-state index contributed by atoms with van der Waals surface area (Å²) in [6.45, 7) is 2.39. The van der Waals surface area contributed by atoms with Gasteiger partial charge in [-0.2, -0.15) is 5.11 Å². The minimum absolute atomic E-state index is 0.0908. The number of fused-ring (bicyclic) bond motifs is 1. The highest BCUT2D eigenvalue weighted by atomic mass is 127. The molecule has 3 rings (SSSR count). The fourth-order valence-corrected chi connectivity index (χ4v) is 3.91. The number of nitrogens with zero attached hydrogens (tertiary/aromatic N) is 4. The van der Waals surface area contributed by atoms with E-state index >= 15 is 0 Å². The fraction of sp³-hybridized carbons (Fsp3) is 0.200. The molecular formula is C15H13IN4O2S. The van der Waals surface area contributed by atoms with Crippen LogP contribution in [0.5, 0.6) is 11.5 Å². The summed E-state index contributed by atoms with van der Waals surface area (Å²) < 4.78 is 7.13. The molecule has 0 saturated heterocycles. The Morgan fingerprint density at radius 2 is 2.17 bits per heavy atom. The first-order chi connectivity index (χ1) is 11.1. The van der Waals surface area contributed by atoms with Crippen molar-refractivity contribution in [2.75, 3.05) is 7.11 Å². The molecule has 8 heteroatoms. The molecule has 0 radical (unpaired) electrons. The largest absolute Gasteiger partial charge is 0.504 e. The molecule has 0 bridgehead atoms. The van der Waals surface area contributed by atoms with E-state index in [-0.39, 0.29) is 5.75 Å². The smallest absolute Gasteiger partial charge is 0.195 e. The number of aromatic hydroxyl groups is 1. The van der Waals surface area contributed by atoms with Crippen LogP contribution < -0.4 is 4.74 Å². The molecular weight excluding hydrogens is 427 g/mol. The van der Waals surface area contributed by atoms with E-state index in [1.807, 2.05) is 13.0 Å². The minimum Gasteiger partial charge on any atom is -0.504 e. The zero-order valence-corrected chi connectivity index (χ0v) is 15.4. The maximum atomic E-state index is 9.77. The second kappa shape index (κ2) is 6.75. The number of aryl methyl sites for hydroxylation is 1. The zero-order valence-electron chi connectivity index (χ0n) is 12.4. The van der Waals surface area contributed by atoms with Gasteiger partial charge in [-0.25, -0.2) is 9.97 Å². The average Bonchev–Trinajstić information content (AvgIpc) is 2.84. The average molecular weight is 440 g/mol. The van der Waals surface area contributed by atoms with Gasteiger partial charge in [0.25, 0.3) is 0 Å². The van der Waals surface area contributed by atoms with Crippen molar-refractivity contribution in [3.63, 3.8) is 0 Å². The van der Waals surface area contributed by atoms with Crippen LogP contribution in [-0.4, -0.2) is 22.2 Å². The van der Waals surface area contributed by atoms with Gasteiger partial charge in [-0.15, -0.1) is 16.5 Å². The third-order valence-corrected chi connectivity index (χ3v) is 5.82. The lowest BCUT2D eigenvalue weighted by Crippen LogP contribution is -1.86. The van der Waals surface area contributed by atoms with E-state index < -0.39 is 0 Å². The summed E-state index contributed by atoms with van der Waals surface area (Å²) in [5.74, 6) is 1.10. The number of azo groups is 1. The normalized spacial score (nSPS) is 11.4. The Balaban J connectivity index is 1.83. The van der Waals surface area contributed by atoms with Crippen molar-refractivity contribution in [3.05, 3.63) is 38.5 Å². The Kier molecular flexibility index (Phi) is 4.71. The van der Waals surface area contributed by atoms with Gasteiger partial charge in [0.2, 0.25) is 0 Å². The zero-order chi connectivity index (χ0) is 16.4. The van der Waals surface area contributed by atoms with Gasteiger partial charge in [0, 0.05) is 0 Å². The van der Waals surface area contributed by atoms with Gasteiger partial charge in [-0.3, -0.25) is 0 Å². The standard InChI is InChI=1S/C15H13IN4O2S/c1-8-12-13(23-14(8)16)15(18-7-17-12)20-19-6-9-3-4-11(22-2)10(21)5-9/h3-5,7,21H,6H2,1-2H3. The molecule has 1 N–H and O–H groups in total. The predicted octanol–water partition coefficient (Wildman–Crippen LogP) is 4.60. The van der Waals surface area contributed by atoms with Crippen LogP contribution in [0.15, 0.2) is 34.8 Å². The molecule has 2 aromatic heterocycles. The maximum Gasteiger partial charge on any atom is 0.195 e. The molecule has 0 fully saturated rings. The summed E-state index contributed by atoms with van der Waals surface area (Å²) >= 11 is 3.90. The Labute approximate surface area is 150 Å². The molecule has 0 spiro atoms. The number of phenols is 1. The van der Waals surface area contributed by atoms with Gasteiger partial charge < -0.3 is 9.84 Å². The summed E-state index contributed by atoms with van der Waals surface area (Å²) in [6.07, 6.45) is 1.51. The number of phenolic OH excluding ortho intramolecular Hbond substituents is 1. The molecule has 0 aliphatic heterocycles. The van der Waals surface area contributed by atoms with Crippen LogP contribution in [0.25, 0.3) is 10.2 Å². The van der Waals surface area contributed by atoms with Crippen molar-refractivity contribution >= 4 is 50.0 Å². The topological polar surface area (TPSA) is 80.0 Å². The Hall–Kier alpha value is -1.81. The summed E-state index contributed by atoms with van der Waals surface area (Å²) in [5, 5.41) is 18.2. The molecule has 0 atom stereocenters. The molecule has 0 aliphatic carbocycles. The van der Waals surface area contributed by atoms with Crippen LogP contribution in [0.3, 0.4) is 0 Å². The quantitative estimate of drug-likeness (QED) is 0.475. The van der Waals surface area contributed by atoms with Crippen LogP contribution >= 0.6 is 33.9 Å². The second-order valence-corrected chi connectivity index (χ2v) is 7.61. The lowest BCUT2D eigenvalue weighted by molar-refractivity contribution is 0.373. The molecule has 0 amide bonds. The summed E-state index contributed by atoms with van der Waals surface area (Å²) in [4.78, 5) is 8.51. The van der Waals surface area contributed by atoms with E-state index in [2.05, 4.69) is 42.8 Å². The predicted molar refractivity (Wildman–Crippen MR) is 97.7 cm³/mol. The van der Waals surface area contributed by atoms with Crippen molar-refractivity contribution in [1.29, 1.82) is 0 Å². The van der Waals surface area contributed by atoms with Crippen molar-refractivity contribution in [2.24, 2.45) is 10.2 Å². The molecule has 118 valence electrons. The molecule has 2 heterocycles. The number of aromatic nitrogens is 2. The molecule has 6 nitrogen and oxygen atoms in total. The van der Waals surface area contributed by atoms with Crippen LogP contribution in [-0.2, 0) is 6.54 Å². The van der Waals surface area contributed by atoms with E-state index in [1.54, 1.807) is 23.5 Å². The van der Waals surface area contributed by atoms with Crippen molar-refractivity contribution in [2.45, 2.75) is 13.5 Å². The lowest BCUT2D eigenvalue weighted by Gasteiger charge is -2.03. The van der Waals surface area contributed by atoms with Crippen LogP contribution in [0.2, 0.25) is 0 Å². The van der Waals surface area contributed by atoms with Gasteiger partial charge in [0.1, 0.15) is 11.0 Å². The maximum absolute atomic E-state index is 9.77. The van der Waals surface area contributed by atoms with E-state index in [0.717, 1.165) is 21.3 Å². The van der Waals surface area contributed by atoms with Crippen molar-refractivity contribution in [3.8, 4) is 11.5 Å². The second-order valence-electron chi connectivity index (χ2n) is 4.78. The SMILES string of the molecule is COc1ccc(CN=Nc2ncnc3c(C)c(I)sc23)cc1O. The van der Waals surface area contributed by atoms with Gasteiger partial charge in [0.15, 0.2) is 17.3 Å². The third kappa shape index (κ3) is 3.27. The van der Waals surface area contributed by atoms with Crippen molar-refractivity contribution in [1.82, 2.24) is 9.97 Å². The van der Waals surface area contributed by atoms with Gasteiger partial charge in [-0.05, 0) is 52.8 Å². The number of halogens is 1. The highest BCUT2D eigenvalue weighted by molar-refractivity contribution is 14.1. The summed E-state index contributed by atoms with van der Waals surface area (Å²) in [6, 6.07) is 5.16. The monoisotopic (exact) mass is 440 g/mol. The highest BCUT2D eigenvalue weighted by Crippen LogP contribution is 2.35. The minimum atomic E-state index is 0.0908. The molecule has 0 saturated carbocycles. The van der Waals surface area contributed by atoms with E-state index in [1.165, 1.54) is 16.3 Å². The van der Waals surface area contributed by atoms with E-state index in [0.29, 0.717) is 18.1 Å². The summed E-state index contributed by atoms with van der Waals surface area (Å²) in [7, 11) is 1.51. The van der Waals surface area contributed by atoms with Gasteiger partial charge >= 0.3 is 0 Å². The highest BCUT2D eigenvalue weighted by Gasteiger charge is 2.11. The van der Waals surface area contributed by atoms with E-state index in [4.69, 9.17) is 4.74 Å². The number of ether oxygens (including phenoxy) is 1. The number of thiophene rings is 1. The van der Waals surface area contributed by atoms with Crippen molar-refractivity contribution < 1.29 is 9.84 Å². The number of hydrogen-bond acceptors (Lipinski definition) is 7. The van der Waals surface area contributed by atoms with E-state index in [9.17, 15) is 5.11 Å². The Morgan fingerprint density at radius 1 is 1.35 bits per heavy atom. The first-order valence-corrected chi connectivity index (χ1v) is 8.62. The number of rotatable bonds is 4. The Bertz CT molecular complexity index is 895. The number of methoxy groups -OCH3 is 1. The molecule has 0 unspecified atom stereocenters. The Morgan fingerprint density at radius 3 is 2.91 bits per heavy atom. The molecule has 3 aromatic rings. The van der Waals surface area contributed by atoms with Gasteiger partial charge in [-0.1, -0.05) is 6.07 Å². The molecule has 1 aromatic carbocycles. The summed E-state index contributed by atoms with van der Waals surface area (Å²) in [5.41, 5.74) is 2.91. The first-order valence-electron chi connectivity index (χ1n) is 6.73. The van der Waals surface area contributed by atoms with Crippen LogP contribution in [0.1, 0.15) is 11.1 Å². The first kappa shape index (κ1) is 16.1.